The first-order chi connectivity index (χ1) is 29.0. The summed E-state index contributed by atoms with van der Waals surface area (Å²) in [6.45, 7) is 1.93. The second kappa shape index (κ2) is 27.1. The van der Waals surface area contributed by atoms with Crippen molar-refractivity contribution in [3.05, 3.63) is 60.2 Å². The molecule has 60 heavy (non-hydrogen) atoms. The molecule has 4 aromatic rings. The fourth-order valence-electron chi connectivity index (χ4n) is 8.03. The fourth-order valence-corrected chi connectivity index (χ4v) is 8.76. The van der Waals surface area contributed by atoms with Crippen molar-refractivity contribution >= 4 is 52.1 Å². The zero-order chi connectivity index (χ0) is 43.1. The lowest BCUT2D eigenvalue weighted by molar-refractivity contribution is -0.870. The number of unbranched alkanes of at least 4 members (excludes halogenated alkanes) is 18. The largest absolute Gasteiger partial charge is 0.756 e. The first-order valence-electron chi connectivity index (χ1n) is 23.4. The van der Waals surface area contributed by atoms with Crippen LogP contribution in [0.2, 0.25) is 0 Å². The molecule has 0 N–H and O–H groups in total. The molecule has 4 rings (SSSR count). The van der Waals surface area contributed by atoms with Gasteiger partial charge in [-0.05, 0) is 63.6 Å². The van der Waals surface area contributed by atoms with Crippen LogP contribution < -0.4 is 4.89 Å². The third-order valence-corrected chi connectivity index (χ3v) is 12.6. The highest BCUT2D eigenvalue weighted by atomic mass is 31.2. The monoisotopic (exact) mass is 850 g/mol. The van der Waals surface area contributed by atoms with Gasteiger partial charge in [0.1, 0.15) is 19.8 Å². The van der Waals surface area contributed by atoms with E-state index >= 15 is 0 Å². The van der Waals surface area contributed by atoms with E-state index in [0.29, 0.717) is 17.4 Å². The maximum absolute atomic E-state index is 12.8. The molecule has 2 atom stereocenters. The van der Waals surface area contributed by atoms with E-state index in [4.69, 9.17) is 18.5 Å². The van der Waals surface area contributed by atoms with Gasteiger partial charge in [0.25, 0.3) is 7.82 Å². The second-order valence-corrected chi connectivity index (χ2v) is 19.3. The fraction of sp³-hybridized carbons (Fsp3) is 0.640. The molecule has 0 bridgehead atoms. The lowest BCUT2D eigenvalue weighted by Gasteiger charge is -2.28. The number of ether oxygens (including phenoxy) is 2. The van der Waals surface area contributed by atoms with Crippen molar-refractivity contribution < 1.29 is 42.1 Å². The molecule has 0 heterocycles. The third-order valence-electron chi connectivity index (χ3n) is 11.6. The van der Waals surface area contributed by atoms with Crippen molar-refractivity contribution in [3.8, 4) is 0 Å². The van der Waals surface area contributed by atoms with Crippen LogP contribution in [0.3, 0.4) is 0 Å². The minimum absolute atomic E-state index is 0.0376. The summed E-state index contributed by atoms with van der Waals surface area (Å²) in [4.78, 5) is 37.8. The highest BCUT2D eigenvalue weighted by Crippen LogP contribution is 2.39. The van der Waals surface area contributed by atoms with Crippen LogP contribution in [-0.4, -0.2) is 70.0 Å². The molecule has 0 spiro atoms. The van der Waals surface area contributed by atoms with Crippen molar-refractivity contribution in [2.75, 3.05) is 47.5 Å². The van der Waals surface area contributed by atoms with E-state index in [1.54, 1.807) is 0 Å². The average molecular weight is 850 g/mol. The normalized spacial score (nSPS) is 13.6. The van der Waals surface area contributed by atoms with Crippen LogP contribution in [0, 0.1) is 0 Å². The van der Waals surface area contributed by atoms with Crippen molar-refractivity contribution in [2.24, 2.45) is 0 Å². The zero-order valence-electron chi connectivity index (χ0n) is 37.5. The van der Waals surface area contributed by atoms with Crippen LogP contribution >= 0.6 is 7.82 Å². The van der Waals surface area contributed by atoms with Gasteiger partial charge in [0.15, 0.2) is 6.10 Å². The molecule has 9 nitrogen and oxygen atoms in total. The van der Waals surface area contributed by atoms with E-state index in [-0.39, 0.29) is 32.0 Å². The van der Waals surface area contributed by atoms with Crippen LogP contribution in [0.15, 0.2) is 54.6 Å². The summed E-state index contributed by atoms with van der Waals surface area (Å²) in [5.41, 5.74) is 1.41. The maximum atomic E-state index is 12.8. The van der Waals surface area contributed by atoms with Gasteiger partial charge in [0, 0.05) is 12.8 Å². The Bertz CT molecular complexity index is 1860. The number of likely N-dealkylation sites (N-methyl/N-ethyl adjacent to an activating group) is 1. The Morgan fingerprint density at radius 3 is 1.68 bits per heavy atom. The van der Waals surface area contributed by atoms with Gasteiger partial charge in [-0.15, -0.1) is 0 Å². The number of nitrogens with zero attached hydrogens (tertiary/aromatic N) is 1. The average Bonchev–Trinajstić information content (AvgIpc) is 3.21. The van der Waals surface area contributed by atoms with Gasteiger partial charge in [-0.1, -0.05) is 171 Å². The second-order valence-electron chi connectivity index (χ2n) is 17.9. The van der Waals surface area contributed by atoms with Crippen molar-refractivity contribution in [2.45, 2.75) is 161 Å². The summed E-state index contributed by atoms with van der Waals surface area (Å²) in [7, 11) is 1.14. The number of benzene rings is 4. The van der Waals surface area contributed by atoms with E-state index in [1.165, 1.54) is 102 Å². The van der Waals surface area contributed by atoms with Crippen LogP contribution in [0.5, 0.6) is 0 Å². The number of phosphoric ester groups is 1. The molecule has 0 amide bonds. The highest BCUT2D eigenvalue weighted by Gasteiger charge is 2.22. The van der Waals surface area contributed by atoms with E-state index in [9.17, 15) is 19.0 Å². The highest BCUT2D eigenvalue weighted by molar-refractivity contribution is 7.45. The van der Waals surface area contributed by atoms with Crippen LogP contribution in [-0.2, 0) is 39.1 Å². The Balaban J connectivity index is 1.10. The van der Waals surface area contributed by atoms with E-state index in [0.717, 1.165) is 64.2 Å². The Labute approximate surface area is 361 Å². The van der Waals surface area contributed by atoms with Crippen LogP contribution in [0.1, 0.15) is 154 Å². The lowest BCUT2D eigenvalue weighted by atomic mass is 9.90. The number of carbonyl (C=O) groups excluding carboxylic acids is 2. The molecule has 0 aromatic heterocycles. The topological polar surface area (TPSA) is 111 Å². The Morgan fingerprint density at radius 1 is 0.600 bits per heavy atom. The van der Waals surface area contributed by atoms with Crippen molar-refractivity contribution in [1.82, 2.24) is 0 Å². The Kier molecular flexibility index (Phi) is 22.4. The number of aryl methyl sites for hydroxylation is 1. The van der Waals surface area contributed by atoms with Gasteiger partial charge in [0.05, 0.1) is 27.7 Å². The number of carbonyl (C=O) groups is 2. The first kappa shape index (κ1) is 49.6. The van der Waals surface area contributed by atoms with E-state index in [2.05, 4.69) is 61.5 Å². The molecule has 0 radical (unpaired) electrons. The molecule has 0 fully saturated rings. The summed E-state index contributed by atoms with van der Waals surface area (Å²) < 4.78 is 34.1. The molecule has 0 aliphatic heterocycles. The SMILES string of the molecule is CCCCCCCCCCCCCCCC(=O)OC[C@H](COP(=O)([O-])OCC[N+](C)(C)C)OC(=O)CCCCCCCCCc1ccc2ccc3cccc4ccc1c2c34. The molecule has 0 aliphatic carbocycles. The van der Waals surface area contributed by atoms with Crippen molar-refractivity contribution in [1.29, 1.82) is 0 Å². The Hall–Kier alpha value is -3.07. The predicted octanol–water partition coefficient (Wildman–Crippen LogP) is 12.4. The Morgan fingerprint density at radius 2 is 1.10 bits per heavy atom. The molecular weight excluding hydrogens is 774 g/mol. The summed E-state index contributed by atoms with van der Waals surface area (Å²) >= 11 is 0. The van der Waals surface area contributed by atoms with Gasteiger partial charge in [-0.3, -0.25) is 14.2 Å². The molecule has 0 saturated carbocycles. The van der Waals surface area contributed by atoms with Gasteiger partial charge in [-0.2, -0.15) is 0 Å². The number of hydrogen-bond donors (Lipinski definition) is 0. The number of hydrogen-bond acceptors (Lipinski definition) is 8. The van der Waals surface area contributed by atoms with E-state index < -0.39 is 26.5 Å². The minimum atomic E-state index is -4.64. The summed E-state index contributed by atoms with van der Waals surface area (Å²) in [5, 5.41) is 8.01. The lowest BCUT2D eigenvalue weighted by Crippen LogP contribution is -2.37. The molecular formula is C50H76NO8P. The minimum Gasteiger partial charge on any atom is -0.756 e. The van der Waals surface area contributed by atoms with E-state index in [1.807, 2.05) is 21.1 Å². The molecule has 0 saturated heterocycles. The van der Waals surface area contributed by atoms with Crippen LogP contribution in [0.25, 0.3) is 32.3 Å². The number of quaternary nitrogens is 1. The smallest absolute Gasteiger partial charge is 0.306 e. The molecule has 1 unspecified atom stereocenters. The maximum Gasteiger partial charge on any atom is 0.306 e. The molecule has 4 aromatic carbocycles. The summed E-state index contributed by atoms with van der Waals surface area (Å²) in [6, 6.07) is 20.1. The number of rotatable bonds is 34. The van der Waals surface area contributed by atoms with Gasteiger partial charge in [0.2, 0.25) is 0 Å². The molecule has 0 aliphatic rings. The first-order valence-corrected chi connectivity index (χ1v) is 24.8. The summed E-state index contributed by atoms with van der Waals surface area (Å²) in [6.07, 6.45) is 23.4. The van der Waals surface area contributed by atoms with Gasteiger partial charge < -0.3 is 27.9 Å². The summed E-state index contributed by atoms with van der Waals surface area (Å²) in [5.74, 6) is -0.851. The van der Waals surface area contributed by atoms with Crippen LogP contribution in [0.4, 0.5) is 0 Å². The molecule has 10 heteroatoms. The van der Waals surface area contributed by atoms with Gasteiger partial charge in [-0.25, -0.2) is 0 Å². The standard InChI is InChI=1S/C50H76NO8P/c1-5-6-7-8-9-10-11-12-13-14-17-20-23-29-47(52)56-39-45(40-58-60(54,55)57-38-37-51(2,3)4)59-48(53)30-24-21-18-15-16-19-22-26-41-31-32-44-34-33-42-27-25-28-43-35-36-46(41)50(44)49(42)43/h25,27-28,31-36,45H,5-24,26,29-30,37-40H2,1-4H3/t45-/m1/s1. The quantitative estimate of drug-likeness (QED) is 0.0150. The van der Waals surface area contributed by atoms with Crippen molar-refractivity contribution in [3.63, 3.8) is 0 Å². The molecule has 334 valence electrons. The van der Waals surface area contributed by atoms with Gasteiger partial charge >= 0.3 is 11.9 Å². The predicted molar refractivity (Wildman–Crippen MR) is 244 cm³/mol. The number of phosphoric acid groups is 1. The zero-order valence-corrected chi connectivity index (χ0v) is 38.4. The third kappa shape index (κ3) is 18.9. The number of esters is 2.